The number of aliphatic hydroxyl groups is 4. The van der Waals surface area contributed by atoms with Crippen molar-refractivity contribution in [1.82, 2.24) is 5.32 Å². The smallest absolute Gasteiger partial charge is 0.311 e. The first-order valence-corrected chi connectivity index (χ1v) is 17.6. The second-order valence-corrected chi connectivity index (χ2v) is 15.3. The SMILES string of the molecule is CC[C@H]1OC(=O)[C@H](C)[C@@H](O[C@H]2C[C@@](C)(OC)[C@@H](O)[C@H](C)O2)[C@H](C)[C@@H](C)[C@](C)(O)C[C@@H](C)/C(=N\OC2CCCNC2)[C@H](C)[C@H](O)[C@]1(C)O. The number of ether oxygens (including phenoxy) is 4. The van der Waals surface area contributed by atoms with Gasteiger partial charge in [-0.3, -0.25) is 4.79 Å². The number of hydrogen-bond acceptors (Lipinski definition) is 12. The minimum atomic E-state index is -1.84. The van der Waals surface area contributed by atoms with Gasteiger partial charge in [-0.1, -0.05) is 39.8 Å². The van der Waals surface area contributed by atoms with Crippen LogP contribution >= 0.6 is 0 Å². The molecule has 3 aliphatic rings. The molecule has 0 aliphatic carbocycles. The maximum Gasteiger partial charge on any atom is 0.311 e. The zero-order chi connectivity index (χ0) is 35.5. The number of cyclic esters (lactones) is 1. The minimum absolute atomic E-state index is 0.129. The summed E-state index contributed by atoms with van der Waals surface area (Å²) in [5.41, 5.74) is -3.52. The molecule has 12 heteroatoms. The van der Waals surface area contributed by atoms with Crippen LogP contribution < -0.4 is 5.32 Å². The number of carbonyl (C=O) groups is 1. The van der Waals surface area contributed by atoms with Crippen molar-refractivity contribution in [2.75, 3.05) is 20.2 Å². The molecule has 3 rings (SSSR count). The van der Waals surface area contributed by atoms with Crippen molar-refractivity contribution in [3.63, 3.8) is 0 Å². The molecule has 3 heterocycles. The number of nitrogens with zero attached hydrogens (tertiary/aromatic N) is 1. The van der Waals surface area contributed by atoms with Crippen molar-refractivity contribution < 1.29 is 49.0 Å². The van der Waals surface area contributed by atoms with Gasteiger partial charge in [0.2, 0.25) is 0 Å². The van der Waals surface area contributed by atoms with E-state index in [4.69, 9.17) is 23.8 Å². The lowest BCUT2D eigenvalue weighted by Gasteiger charge is -2.47. The van der Waals surface area contributed by atoms with E-state index in [0.29, 0.717) is 12.3 Å². The summed E-state index contributed by atoms with van der Waals surface area (Å²) in [6.07, 6.45) is -3.05. The van der Waals surface area contributed by atoms with Gasteiger partial charge in [0.1, 0.15) is 23.9 Å². The van der Waals surface area contributed by atoms with Gasteiger partial charge in [-0.25, -0.2) is 0 Å². The van der Waals surface area contributed by atoms with Crippen molar-refractivity contribution in [2.45, 2.75) is 161 Å². The number of hydrogen-bond donors (Lipinski definition) is 5. The van der Waals surface area contributed by atoms with E-state index in [9.17, 15) is 25.2 Å². The zero-order valence-electron chi connectivity index (χ0n) is 30.6. The van der Waals surface area contributed by atoms with Crippen LogP contribution in [-0.2, 0) is 28.6 Å². The molecule has 0 aromatic rings. The Hall–Kier alpha value is -1.38. The third-order valence-corrected chi connectivity index (χ3v) is 11.5. The number of nitrogens with one attached hydrogen (secondary N) is 1. The molecule has 0 bridgehead atoms. The van der Waals surface area contributed by atoms with Crippen LogP contribution in [0.25, 0.3) is 0 Å². The summed E-state index contributed by atoms with van der Waals surface area (Å²) in [5, 5.41) is 54.2. The van der Waals surface area contributed by atoms with Crippen molar-refractivity contribution in [3.8, 4) is 0 Å². The fraction of sp³-hybridized carbons (Fsp3) is 0.943. The van der Waals surface area contributed by atoms with Crippen molar-refractivity contribution in [2.24, 2.45) is 34.7 Å². The Morgan fingerprint density at radius 3 is 2.23 bits per heavy atom. The molecule has 12 nitrogen and oxygen atoms in total. The fourth-order valence-electron chi connectivity index (χ4n) is 7.75. The van der Waals surface area contributed by atoms with E-state index < -0.39 is 71.4 Å². The number of piperidine rings is 1. The van der Waals surface area contributed by atoms with Gasteiger partial charge < -0.3 is 49.5 Å². The molecule has 0 saturated carbocycles. The molecule has 0 aromatic carbocycles. The van der Waals surface area contributed by atoms with Crippen LogP contribution in [0.2, 0.25) is 0 Å². The van der Waals surface area contributed by atoms with E-state index >= 15 is 0 Å². The van der Waals surface area contributed by atoms with Crippen LogP contribution in [-0.4, -0.2) is 112 Å². The van der Waals surface area contributed by atoms with Gasteiger partial charge in [0.15, 0.2) is 6.29 Å². The number of esters is 1. The Morgan fingerprint density at radius 1 is 1.00 bits per heavy atom. The highest BCUT2D eigenvalue weighted by molar-refractivity contribution is 5.88. The molecular formula is C35H64N2O10. The first-order chi connectivity index (χ1) is 21.8. The predicted octanol–water partition coefficient (Wildman–Crippen LogP) is 3.17. The van der Waals surface area contributed by atoms with E-state index in [1.54, 1.807) is 41.5 Å². The number of methoxy groups -OCH3 is 1. The molecular weight excluding hydrogens is 608 g/mol. The predicted molar refractivity (Wildman–Crippen MR) is 178 cm³/mol. The lowest BCUT2D eigenvalue weighted by atomic mass is 9.70. The van der Waals surface area contributed by atoms with Crippen molar-refractivity contribution >= 4 is 11.7 Å². The Morgan fingerprint density at radius 2 is 1.66 bits per heavy atom. The summed E-state index contributed by atoms with van der Waals surface area (Å²) in [7, 11) is 1.53. The monoisotopic (exact) mass is 672 g/mol. The second kappa shape index (κ2) is 16.1. The molecule has 0 radical (unpaired) electrons. The summed E-state index contributed by atoms with van der Waals surface area (Å²) >= 11 is 0. The topological polar surface area (TPSA) is 169 Å². The number of oxime groups is 1. The Kier molecular flexibility index (Phi) is 13.7. The summed E-state index contributed by atoms with van der Waals surface area (Å²) in [6, 6.07) is 0. The normalized spacial score (nSPS) is 48.8. The van der Waals surface area contributed by atoms with E-state index in [0.717, 1.165) is 19.4 Å². The van der Waals surface area contributed by atoms with Gasteiger partial charge in [-0.15, -0.1) is 0 Å². The first-order valence-electron chi connectivity index (χ1n) is 17.6. The number of aliphatic hydroxyl groups excluding tert-OH is 2. The highest BCUT2D eigenvalue weighted by Gasteiger charge is 2.51. The summed E-state index contributed by atoms with van der Waals surface area (Å²) in [4.78, 5) is 19.9. The largest absolute Gasteiger partial charge is 0.459 e. The van der Waals surface area contributed by atoms with Gasteiger partial charge in [-0.2, -0.15) is 0 Å². The molecule has 0 spiro atoms. The van der Waals surface area contributed by atoms with Gasteiger partial charge in [0.05, 0.1) is 41.1 Å². The molecule has 0 aromatic heterocycles. The Balaban J connectivity index is 2.04. The molecule has 3 aliphatic heterocycles. The van der Waals surface area contributed by atoms with Crippen LogP contribution in [0, 0.1) is 29.6 Å². The quantitative estimate of drug-likeness (QED) is 0.208. The lowest BCUT2D eigenvalue weighted by molar-refractivity contribution is -0.298. The second-order valence-electron chi connectivity index (χ2n) is 15.3. The molecule has 15 atom stereocenters. The summed E-state index contributed by atoms with van der Waals surface area (Å²) in [5.74, 6) is -3.23. The molecule has 1 unspecified atom stereocenters. The van der Waals surface area contributed by atoms with Crippen molar-refractivity contribution in [1.29, 1.82) is 0 Å². The average Bonchev–Trinajstić information content (AvgIpc) is 3.03. The molecule has 5 N–H and O–H groups in total. The van der Waals surface area contributed by atoms with E-state index in [1.165, 1.54) is 14.0 Å². The number of carbonyl (C=O) groups excluding carboxylic acids is 1. The molecule has 3 saturated heterocycles. The maximum absolute atomic E-state index is 13.9. The zero-order valence-corrected chi connectivity index (χ0v) is 30.6. The third-order valence-electron chi connectivity index (χ3n) is 11.5. The molecule has 0 amide bonds. The van der Waals surface area contributed by atoms with Crippen LogP contribution in [0.5, 0.6) is 0 Å². The van der Waals surface area contributed by atoms with Gasteiger partial charge in [0, 0.05) is 31.9 Å². The van der Waals surface area contributed by atoms with Crippen LogP contribution in [0.3, 0.4) is 0 Å². The van der Waals surface area contributed by atoms with E-state index in [-0.39, 0.29) is 43.1 Å². The maximum atomic E-state index is 13.9. The first kappa shape index (κ1) is 40.1. The van der Waals surface area contributed by atoms with Gasteiger partial charge in [0.25, 0.3) is 0 Å². The van der Waals surface area contributed by atoms with Crippen LogP contribution in [0.4, 0.5) is 0 Å². The number of rotatable bonds is 6. The standard InChI is InChI=1S/C35H64N2O10/c1-12-26-35(10,42)30(38)21(4)28(37-47-25-14-13-15-36-18-25)19(2)16-33(8,41)23(6)20(3)29(22(5)32(40)45-26)46-27-17-34(9,43-11)31(39)24(7)44-27/h19-27,29-31,36,38-39,41-42H,12-18H2,1-11H3/b37-28+/t19-,20-,21+,22-,23-,24+,25?,26-,27+,29+,30+,31+,33-,34-,35-/m1/s1. The van der Waals surface area contributed by atoms with Crippen molar-refractivity contribution in [3.05, 3.63) is 0 Å². The minimum Gasteiger partial charge on any atom is -0.459 e. The Labute approximate surface area is 281 Å². The third kappa shape index (κ3) is 9.05. The summed E-state index contributed by atoms with van der Waals surface area (Å²) in [6.45, 7) is 19.5. The molecule has 47 heavy (non-hydrogen) atoms. The summed E-state index contributed by atoms with van der Waals surface area (Å²) < 4.78 is 24.3. The fourth-order valence-corrected chi connectivity index (χ4v) is 7.75. The van der Waals surface area contributed by atoms with Gasteiger partial charge >= 0.3 is 5.97 Å². The highest BCUT2D eigenvalue weighted by atomic mass is 16.7. The van der Waals surface area contributed by atoms with Gasteiger partial charge in [-0.05, 0) is 78.7 Å². The average molecular weight is 673 g/mol. The van der Waals surface area contributed by atoms with E-state index in [1.807, 2.05) is 20.8 Å². The molecule has 3 fully saturated rings. The van der Waals surface area contributed by atoms with Crippen LogP contribution in [0.1, 0.15) is 101 Å². The van der Waals surface area contributed by atoms with Crippen LogP contribution in [0.15, 0.2) is 5.16 Å². The lowest BCUT2D eigenvalue weighted by Crippen LogP contribution is -2.58. The molecule has 274 valence electrons. The van der Waals surface area contributed by atoms with E-state index in [2.05, 4.69) is 10.5 Å². The Bertz CT molecular complexity index is 1050. The highest BCUT2D eigenvalue weighted by Crippen LogP contribution is 2.40.